The van der Waals surface area contributed by atoms with E-state index in [1.165, 1.54) is 11.3 Å². The first-order valence-electron chi connectivity index (χ1n) is 8.57. The van der Waals surface area contributed by atoms with Gasteiger partial charge in [-0.1, -0.05) is 19.0 Å². The molecule has 0 aliphatic heterocycles. The molecule has 26 heavy (non-hydrogen) atoms. The number of rotatable bonds is 7. The summed E-state index contributed by atoms with van der Waals surface area (Å²) in [4.78, 5) is 17.0. The summed E-state index contributed by atoms with van der Waals surface area (Å²) in [6, 6.07) is 7.78. The van der Waals surface area contributed by atoms with Crippen LogP contribution in [0.4, 0.5) is 5.13 Å². The predicted molar refractivity (Wildman–Crippen MR) is 102 cm³/mol. The average molecular weight is 371 g/mol. The summed E-state index contributed by atoms with van der Waals surface area (Å²) in [6.45, 7) is 6.44. The second-order valence-electron chi connectivity index (χ2n) is 5.78. The van der Waals surface area contributed by atoms with Gasteiger partial charge in [-0.2, -0.15) is 0 Å². The van der Waals surface area contributed by atoms with Gasteiger partial charge in [0.1, 0.15) is 17.1 Å². The number of hydrogen-bond acceptors (Lipinski definition) is 6. The van der Waals surface area contributed by atoms with E-state index in [0.29, 0.717) is 35.2 Å². The summed E-state index contributed by atoms with van der Waals surface area (Å²) in [5.41, 5.74) is 2.92. The molecule has 3 rings (SSSR count). The summed E-state index contributed by atoms with van der Waals surface area (Å²) in [5, 5.41) is 9.20. The van der Waals surface area contributed by atoms with Crippen LogP contribution in [0.15, 0.2) is 34.2 Å². The Bertz CT molecular complexity index is 884. The minimum Gasteiger partial charge on any atom is -0.494 e. The molecule has 0 bridgehead atoms. The number of nitrogens with one attached hydrogen (secondary N) is 1. The van der Waals surface area contributed by atoms with Gasteiger partial charge < -0.3 is 9.26 Å². The van der Waals surface area contributed by atoms with Gasteiger partial charge in [0.15, 0.2) is 5.13 Å². The van der Waals surface area contributed by atoms with Gasteiger partial charge >= 0.3 is 0 Å². The number of aromatic nitrogens is 2. The van der Waals surface area contributed by atoms with E-state index in [9.17, 15) is 4.79 Å². The smallest absolute Gasteiger partial charge is 0.262 e. The van der Waals surface area contributed by atoms with Crippen LogP contribution in [-0.2, 0) is 6.42 Å². The van der Waals surface area contributed by atoms with Crippen molar-refractivity contribution < 1.29 is 14.1 Å². The van der Waals surface area contributed by atoms with Gasteiger partial charge in [0.05, 0.1) is 18.0 Å². The second kappa shape index (κ2) is 8.14. The lowest BCUT2D eigenvalue weighted by molar-refractivity contribution is 0.102. The molecule has 0 atom stereocenters. The number of amides is 1. The van der Waals surface area contributed by atoms with Gasteiger partial charge in [-0.3, -0.25) is 10.1 Å². The van der Waals surface area contributed by atoms with E-state index in [-0.39, 0.29) is 5.91 Å². The number of carbonyl (C=O) groups excluding carboxylic acids is 1. The Balaban J connectivity index is 1.71. The zero-order valence-electron chi connectivity index (χ0n) is 15.0. The Morgan fingerprint density at radius 3 is 2.73 bits per heavy atom. The van der Waals surface area contributed by atoms with Crippen molar-refractivity contribution in [3.05, 3.63) is 46.7 Å². The zero-order chi connectivity index (χ0) is 18.5. The molecule has 0 saturated carbocycles. The van der Waals surface area contributed by atoms with E-state index in [1.54, 1.807) is 6.92 Å². The molecule has 1 aromatic carbocycles. The third kappa shape index (κ3) is 3.94. The number of carbonyl (C=O) groups is 1. The van der Waals surface area contributed by atoms with Crippen molar-refractivity contribution in [1.29, 1.82) is 0 Å². The van der Waals surface area contributed by atoms with E-state index >= 15 is 0 Å². The number of benzene rings is 1. The molecule has 0 spiro atoms. The monoisotopic (exact) mass is 371 g/mol. The van der Waals surface area contributed by atoms with Gasteiger partial charge in [0.2, 0.25) is 0 Å². The standard InChI is InChI=1S/C19H21N3O3S/c1-4-10-24-14-8-6-13(7-9-14)16-11-26-19(20-16)21-18(23)17-12(3)25-22-15(17)5-2/h6-9,11H,4-5,10H2,1-3H3,(H,20,21,23). The lowest BCUT2D eigenvalue weighted by Crippen LogP contribution is -2.14. The molecule has 3 aromatic rings. The summed E-state index contributed by atoms with van der Waals surface area (Å²) in [6.07, 6.45) is 1.61. The van der Waals surface area contributed by atoms with Crippen molar-refractivity contribution in [2.75, 3.05) is 11.9 Å². The highest BCUT2D eigenvalue weighted by atomic mass is 32.1. The third-order valence-electron chi connectivity index (χ3n) is 3.84. The van der Waals surface area contributed by atoms with E-state index in [0.717, 1.165) is 23.4 Å². The highest BCUT2D eigenvalue weighted by Crippen LogP contribution is 2.27. The molecule has 2 aromatic heterocycles. The molecule has 0 radical (unpaired) electrons. The summed E-state index contributed by atoms with van der Waals surface area (Å²) < 4.78 is 10.7. The minimum absolute atomic E-state index is 0.246. The third-order valence-corrected chi connectivity index (χ3v) is 4.60. The van der Waals surface area contributed by atoms with Crippen molar-refractivity contribution in [2.45, 2.75) is 33.6 Å². The lowest BCUT2D eigenvalue weighted by Gasteiger charge is -2.04. The van der Waals surface area contributed by atoms with Gasteiger partial charge in [0.25, 0.3) is 5.91 Å². The van der Waals surface area contributed by atoms with Gasteiger partial charge in [-0.25, -0.2) is 4.98 Å². The van der Waals surface area contributed by atoms with Crippen LogP contribution in [0.3, 0.4) is 0 Å². The van der Waals surface area contributed by atoms with Crippen molar-refractivity contribution in [3.8, 4) is 17.0 Å². The molecule has 6 nitrogen and oxygen atoms in total. The van der Waals surface area contributed by atoms with E-state index in [2.05, 4.69) is 22.4 Å². The average Bonchev–Trinajstić information content (AvgIpc) is 3.26. The molecule has 2 heterocycles. The summed E-state index contributed by atoms with van der Waals surface area (Å²) >= 11 is 1.38. The number of ether oxygens (including phenoxy) is 1. The Morgan fingerprint density at radius 2 is 2.04 bits per heavy atom. The number of aryl methyl sites for hydroxylation is 2. The molecule has 1 N–H and O–H groups in total. The lowest BCUT2D eigenvalue weighted by atomic mass is 10.1. The fourth-order valence-electron chi connectivity index (χ4n) is 2.52. The van der Waals surface area contributed by atoms with Crippen LogP contribution in [0.25, 0.3) is 11.3 Å². The van der Waals surface area contributed by atoms with Crippen molar-refractivity contribution in [3.63, 3.8) is 0 Å². The molecule has 0 unspecified atom stereocenters. The first-order chi connectivity index (χ1) is 12.6. The maximum atomic E-state index is 12.5. The van der Waals surface area contributed by atoms with Crippen LogP contribution >= 0.6 is 11.3 Å². The van der Waals surface area contributed by atoms with E-state index < -0.39 is 0 Å². The predicted octanol–water partition coefficient (Wildman–Crippen LogP) is 4.71. The van der Waals surface area contributed by atoms with Crippen LogP contribution in [0, 0.1) is 6.92 Å². The Hall–Kier alpha value is -2.67. The molecule has 0 aliphatic rings. The maximum absolute atomic E-state index is 12.5. The number of anilines is 1. The van der Waals surface area contributed by atoms with Crippen LogP contribution in [-0.4, -0.2) is 22.7 Å². The molecule has 136 valence electrons. The van der Waals surface area contributed by atoms with Crippen LogP contribution in [0.2, 0.25) is 0 Å². The van der Waals surface area contributed by atoms with Gasteiger partial charge in [0, 0.05) is 10.9 Å². The first kappa shape index (κ1) is 18.1. The normalized spacial score (nSPS) is 10.7. The Morgan fingerprint density at radius 1 is 1.27 bits per heavy atom. The fourth-order valence-corrected chi connectivity index (χ4v) is 3.23. The second-order valence-corrected chi connectivity index (χ2v) is 6.64. The van der Waals surface area contributed by atoms with Crippen molar-refractivity contribution in [1.82, 2.24) is 10.1 Å². The molecule has 0 saturated heterocycles. The van der Waals surface area contributed by atoms with Crippen LogP contribution in [0.1, 0.15) is 42.1 Å². The highest BCUT2D eigenvalue weighted by molar-refractivity contribution is 7.14. The van der Waals surface area contributed by atoms with Crippen LogP contribution in [0.5, 0.6) is 5.75 Å². The molecule has 0 fully saturated rings. The van der Waals surface area contributed by atoms with Crippen molar-refractivity contribution >= 4 is 22.4 Å². The number of thiazole rings is 1. The molecule has 7 heteroatoms. The molecule has 0 aliphatic carbocycles. The van der Waals surface area contributed by atoms with Gasteiger partial charge in [-0.05, 0) is 44.0 Å². The van der Waals surface area contributed by atoms with Gasteiger partial charge in [-0.15, -0.1) is 11.3 Å². The molecular formula is C19H21N3O3S. The topological polar surface area (TPSA) is 77.2 Å². The number of hydrogen-bond donors (Lipinski definition) is 1. The van der Waals surface area contributed by atoms with E-state index in [1.807, 2.05) is 36.6 Å². The maximum Gasteiger partial charge on any atom is 0.262 e. The zero-order valence-corrected chi connectivity index (χ0v) is 15.9. The SMILES string of the molecule is CCCOc1ccc(-c2csc(NC(=O)c3c(CC)noc3C)n2)cc1. The number of nitrogens with zero attached hydrogens (tertiary/aromatic N) is 2. The van der Waals surface area contributed by atoms with E-state index in [4.69, 9.17) is 9.26 Å². The Kier molecular flexibility index (Phi) is 5.68. The summed E-state index contributed by atoms with van der Waals surface area (Å²) in [7, 11) is 0. The largest absolute Gasteiger partial charge is 0.494 e. The minimum atomic E-state index is -0.246. The molecular weight excluding hydrogens is 350 g/mol. The first-order valence-corrected chi connectivity index (χ1v) is 9.45. The molecule has 1 amide bonds. The van der Waals surface area contributed by atoms with Crippen molar-refractivity contribution in [2.24, 2.45) is 0 Å². The fraction of sp³-hybridized carbons (Fsp3) is 0.316. The van der Waals surface area contributed by atoms with Crippen LogP contribution < -0.4 is 10.1 Å². The quantitative estimate of drug-likeness (QED) is 0.651. The highest BCUT2D eigenvalue weighted by Gasteiger charge is 2.20. The summed E-state index contributed by atoms with van der Waals surface area (Å²) in [5.74, 6) is 1.11. The Labute approximate surface area is 156 Å².